The molecule has 7 nitrogen and oxygen atoms in total. The Hall–Kier alpha value is -2.45. The average molecular weight is 362 g/mol. The van der Waals surface area contributed by atoms with E-state index in [0.29, 0.717) is 24.6 Å². The normalized spacial score (nSPS) is 11.4. The van der Waals surface area contributed by atoms with Gasteiger partial charge in [0, 0.05) is 12.8 Å². The number of likely N-dealkylation sites (N-methyl/N-ethyl adjacent to an activating group) is 1. The van der Waals surface area contributed by atoms with E-state index in [9.17, 15) is 9.90 Å². The van der Waals surface area contributed by atoms with Gasteiger partial charge in [-0.25, -0.2) is 0 Å². The molecule has 8 heteroatoms. The minimum atomic E-state index is -0.474. The van der Waals surface area contributed by atoms with Crippen molar-refractivity contribution in [1.29, 1.82) is 0 Å². The Morgan fingerprint density at radius 1 is 1.36 bits per heavy atom. The van der Waals surface area contributed by atoms with Crippen LogP contribution in [-0.2, 0) is 0 Å². The molecule has 0 atom stereocenters. The first kappa shape index (κ1) is 18.9. The van der Waals surface area contributed by atoms with Crippen LogP contribution in [0.1, 0.15) is 12.5 Å². The molecule has 0 aliphatic rings. The van der Waals surface area contributed by atoms with E-state index < -0.39 is 5.56 Å². The number of H-pyrrole nitrogens is 1. The summed E-state index contributed by atoms with van der Waals surface area (Å²) in [5, 5.41) is 10.5. The van der Waals surface area contributed by atoms with Crippen molar-refractivity contribution in [2.45, 2.75) is 6.92 Å². The highest BCUT2D eigenvalue weighted by molar-refractivity contribution is 7.71. The average Bonchev–Trinajstić information content (AvgIpc) is 2.55. The molecule has 0 bridgehead atoms. The second-order valence-electron chi connectivity index (χ2n) is 5.60. The monoisotopic (exact) mass is 362 g/mol. The topological polar surface area (TPSA) is 82.8 Å². The van der Waals surface area contributed by atoms with Crippen LogP contribution in [0.25, 0.3) is 5.69 Å². The number of aliphatic imine (C=N–C) groups is 1. The maximum atomic E-state index is 12.1. The van der Waals surface area contributed by atoms with E-state index in [1.165, 1.54) is 10.8 Å². The molecule has 0 spiro atoms. The van der Waals surface area contributed by atoms with E-state index in [2.05, 4.69) is 9.98 Å². The Kier molecular flexibility index (Phi) is 6.49. The number of aromatic amines is 1. The zero-order valence-corrected chi connectivity index (χ0v) is 15.3. The zero-order valence-electron chi connectivity index (χ0n) is 14.5. The Morgan fingerprint density at radius 3 is 2.64 bits per heavy atom. The lowest BCUT2D eigenvalue weighted by Gasteiger charge is -2.12. The summed E-state index contributed by atoms with van der Waals surface area (Å²) in [7, 11) is 3.87. The fraction of sp³-hybridized carbons (Fsp3) is 0.353. The van der Waals surface area contributed by atoms with Crippen LogP contribution in [0.5, 0.6) is 11.6 Å². The molecule has 0 aliphatic heterocycles. The van der Waals surface area contributed by atoms with Gasteiger partial charge >= 0.3 is 0 Å². The van der Waals surface area contributed by atoms with Crippen LogP contribution in [0.3, 0.4) is 0 Å². The van der Waals surface area contributed by atoms with Gasteiger partial charge in [0.1, 0.15) is 11.3 Å². The van der Waals surface area contributed by atoms with Crippen LogP contribution in [-0.4, -0.2) is 59.6 Å². The summed E-state index contributed by atoms with van der Waals surface area (Å²) in [5.74, 6) is 0.471. The lowest BCUT2D eigenvalue weighted by molar-refractivity contribution is 0.340. The highest BCUT2D eigenvalue weighted by atomic mass is 32.1. The lowest BCUT2D eigenvalue weighted by atomic mass is 10.2. The standard InChI is InChI=1S/C17H22N4O3S/c1-4-24-13-7-5-12(6-8-13)21-16(23)14(15(22)19-17(21)25)11-18-9-10-20(2)3/h5-8,11,23H,4,9-10H2,1-3H3,(H,19,22,25). The van der Waals surface area contributed by atoms with E-state index in [0.717, 1.165) is 6.54 Å². The largest absolute Gasteiger partial charge is 0.494 e. The smallest absolute Gasteiger partial charge is 0.264 e. The van der Waals surface area contributed by atoms with Crippen molar-refractivity contribution in [3.8, 4) is 17.3 Å². The van der Waals surface area contributed by atoms with Crippen LogP contribution in [0.2, 0.25) is 0 Å². The first-order chi connectivity index (χ1) is 11.9. The van der Waals surface area contributed by atoms with Gasteiger partial charge in [-0.05, 0) is 57.5 Å². The van der Waals surface area contributed by atoms with Crippen molar-refractivity contribution in [2.24, 2.45) is 4.99 Å². The summed E-state index contributed by atoms with van der Waals surface area (Å²) in [6, 6.07) is 7.06. The number of rotatable bonds is 7. The number of hydrogen-bond donors (Lipinski definition) is 2. The van der Waals surface area contributed by atoms with Crippen molar-refractivity contribution in [3.05, 3.63) is 45.0 Å². The van der Waals surface area contributed by atoms with Crippen molar-refractivity contribution in [3.63, 3.8) is 0 Å². The molecule has 2 aromatic rings. The van der Waals surface area contributed by atoms with E-state index in [1.54, 1.807) is 24.3 Å². The predicted molar refractivity (Wildman–Crippen MR) is 101 cm³/mol. The second kappa shape index (κ2) is 8.59. The van der Waals surface area contributed by atoms with Gasteiger partial charge in [0.15, 0.2) is 4.77 Å². The number of aromatic nitrogens is 2. The van der Waals surface area contributed by atoms with Gasteiger partial charge in [-0.15, -0.1) is 0 Å². The Bertz CT molecular complexity index is 854. The Balaban J connectivity index is 2.40. The molecule has 0 fully saturated rings. The van der Waals surface area contributed by atoms with Crippen molar-refractivity contribution in [1.82, 2.24) is 14.5 Å². The first-order valence-electron chi connectivity index (χ1n) is 7.90. The van der Waals surface area contributed by atoms with Crippen molar-refractivity contribution in [2.75, 3.05) is 33.8 Å². The van der Waals surface area contributed by atoms with E-state index in [4.69, 9.17) is 17.0 Å². The van der Waals surface area contributed by atoms with Crippen LogP contribution in [0.4, 0.5) is 0 Å². The third-order valence-electron chi connectivity index (χ3n) is 3.42. The fourth-order valence-electron chi connectivity index (χ4n) is 2.17. The first-order valence-corrected chi connectivity index (χ1v) is 8.31. The third kappa shape index (κ3) is 4.77. The minimum absolute atomic E-state index is 0.0706. The highest BCUT2D eigenvalue weighted by Crippen LogP contribution is 2.21. The zero-order chi connectivity index (χ0) is 18.4. The van der Waals surface area contributed by atoms with Gasteiger partial charge in [0.05, 0.1) is 18.8 Å². The van der Waals surface area contributed by atoms with Gasteiger partial charge in [-0.3, -0.25) is 19.3 Å². The summed E-state index contributed by atoms with van der Waals surface area (Å²) in [4.78, 5) is 20.8. The fourth-order valence-corrected chi connectivity index (χ4v) is 2.45. The molecule has 0 radical (unpaired) electrons. The highest BCUT2D eigenvalue weighted by Gasteiger charge is 2.12. The molecule has 0 amide bonds. The van der Waals surface area contributed by atoms with Gasteiger partial charge in [-0.2, -0.15) is 0 Å². The van der Waals surface area contributed by atoms with Crippen LogP contribution in [0.15, 0.2) is 34.1 Å². The third-order valence-corrected chi connectivity index (χ3v) is 3.71. The number of aromatic hydroxyl groups is 1. The molecule has 2 N–H and O–H groups in total. The van der Waals surface area contributed by atoms with Crippen LogP contribution in [0, 0.1) is 4.77 Å². The molecule has 0 aliphatic carbocycles. The number of benzene rings is 1. The van der Waals surface area contributed by atoms with Gasteiger partial charge in [0.2, 0.25) is 5.88 Å². The quantitative estimate of drug-likeness (QED) is 0.581. The molecule has 0 unspecified atom stereocenters. The minimum Gasteiger partial charge on any atom is -0.494 e. The summed E-state index contributed by atoms with van der Waals surface area (Å²) in [6.07, 6.45) is 1.37. The van der Waals surface area contributed by atoms with Crippen molar-refractivity contribution >= 4 is 18.4 Å². The molecular weight excluding hydrogens is 340 g/mol. The SMILES string of the molecule is CCOc1ccc(-n2c(O)c(C=NCCN(C)C)c(=O)[nH]c2=S)cc1. The maximum Gasteiger partial charge on any atom is 0.264 e. The molecule has 25 heavy (non-hydrogen) atoms. The lowest BCUT2D eigenvalue weighted by Crippen LogP contribution is -2.19. The summed E-state index contributed by atoms with van der Waals surface area (Å²) in [6.45, 7) is 3.73. The predicted octanol–water partition coefficient (Wildman–Crippen LogP) is 1.98. The van der Waals surface area contributed by atoms with E-state index >= 15 is 0 Å². The Morgan fingerprint density at radius 2 is 2.04 bits per heavy atom. The molecule has 134 valence electrons. The molecule has 1 aromatic carbocycles. The van der Waals surface area contributed by atoms with Gasteiger partial charge in [-0.1, -0.05) is 0 Å². The molecule has 0 saturated carbocycles. The summed E-state index contributed by atoms with van der Waals surface area (Å²) >= 11 is 5.19. The summed E-state index contributed by atoms with van der Waals surface area (Å²) in [5.41, 5.74) is 0.213. The molecule has 0 saturated heterocycles. The number of ether oxygens (including phenoxy) is 1. The van der Waals surface area contributed by atoms with Crippen LogP contribution < -0.4 is 10.3 Å². The van der Waals surface area contributed by atoms with E-state index in [1.807, 2.05) is 25.9 Å². The van der Waals surface area contributed by atoms with Gasteiger partial charge < -0.3 is 14.7 Å². The molecule has 1 aromatic heterocycles. The number of hydrogen-bond acceptors (Lipinski definition) is 6. The number of nitrogens with one attached hydrogen (secondary N) is 1. The van der Waals surface area contributed by atoms with Crippen LogP contribution >= 0.6 is 12.2 Å². The van der Waals surface area contributed by atoms with E-state index in [-0.39, 0.29) is 16.2 Å². The van der Waals surface area contributed by atoms with Gasteiger partial charge in [0.25, 0.3) is 5.56 Å². The molecular formula is C17H22N4O3S. The second-order valence-corrected chi connectivity index (χ2v) is 5.98. The molecule has 2 rings (SSSR count). The summed E-state index contributed by atoms with van der Waals surface area (Å²) < 4.78 is 6.90. The molecule has 1 heterocycles. The van der Waals surface area contributed by atoms with Crippen molar-refractivity contribution < 1.29 is 9.84 Å². The maximum absolute atomic E-state index is 12.1. The Labute approximate surface area is 151 Å². The number of nitrogens with zero attached hydrogens (tertiary/aromatic N) is 3.